The molecule has 0 aliphatic carbocycles. The van der Waals surface area contributed by atoms with E-state index in [2.05, 4.69) is 44.9 Å². The van der Waals surface area contributed by atoms with Gasteiger partial charge in [0.2, 0.25) is 5.88 Å². The third-order valence-electron chi connectivity index (χ3n) is 3.00. The zero-order valence-electron chi connectivity index (χ0n) is 11.6. The zero-order chi connectivity index (χ0) is 12.9. The Labute approximate surface area is 105 Å². The fourth-order valence-electron chi connectivity index (χ4n) is 1.53. The van der Waals surface area contributed by atoms with Crippen LogP contribution in [0.2, 0.25) is 0 Å². The lowest BCUT2D eigenvalue weighted by Gasteiger charge is -2.24. The molecule has 1 unspecified atom stereocenters. The summed E-state index contributed by atoms with van der Waals surface area (Å²) in [5.41, 5.74) is 1.05. The number of nitrogens with one attached hydrogen (secondary N) is 1. The summed E-state index contributed by atoms with van der Waals surface area (Å²) in [6, 6.07) is 4.37. The molecule has 96 valence electrons. The van der Waals surface area contributed by atoms with Crippen LogP contribution in [0.15, 0.2) is 18.3 Å². The maximum Gasteiger partial charge on any atom is 0.214 e. The molecule has 0 saturated heterocycles. The Balaban J connectivity index is 2.79. The molecule has 3 nitrogen and oxygen atoms in total. The summed E-state index contributed by atoms with van der Waals surface area (Å²) in [4.78, 5) is 4.27. The highest BCUT2D eigenvalue weighted by Gasteiger charge is 2.18. The second kappa shape index (κ2) is 6.01. The van der Waals surface area contributed by atoms with Crippen molar-refractivity contribution >= 4 is 0 Å². The molecule has 1 rings (SSSR count). The van der Waals surface area contributed by atoms with E-state index in [0.717, 1.165) is 13.0 Å². The van der Waals surface area contributed by atoms with Crippen molar-refractivity contribution in [3.63, 3.8) is 0 Å². The van der Waals surface area contributed by atoms with Crippen LogP contribution >= 0.6 is 0 Å². The van der Waals surface area contributed by atoms with Gasteiger partial charge in [-0.25, -0.2) is 4.98 Å². The second-order valence-corrected chi connectivity index (χ2v) is 4.92. The minimum atomic E-state index is -0.160. The fourth-order valence-corrected chi connectivity index (χ4v) is 1.53. The molecule has 17 heavy (non-hydrogen) atoms. The number of hydrogen-bond donors (Lipinski definition) is 1. The Morgan fingerprint density at radius 2 is 2.12 bits per heavy atom. The van der Waals surface area contributed by atoms with Gasteiger partial charge in [0.25, 0.3) is 0 Å². The molecule has 3 heteroatoms. The van der Waals surface area contributed by atoms with E-state index in [-0.39, 0.29) is 5.60 Å². The predicted molar refractivity (Wildman–Crippen MR) is 71.3 cm³/mol. The summed E-state index contributed by atoms with van der Waals surface area (Å²) in [7, 11) is 0. The van der Waals surface area contributed by atoms with Crippen LogP contribution in [0.4, 0.5) is 0 Å². The van der Waals surface area contributed by atoms with Gasteiger partial charge in [0.05, 0.1) is 0 Å². The molecule has 0 aliphatic heterocycles. The molecular formula is C14H24N2O. The molecule has 1 heterocycles. The number of hydrogen-bond acceptors (Lipinski definition) is 3. The summed E-state index contributed by atoms with van der Waals surface area (Å²) >= 11 is 0. The number of ether oxygens (including phenoxy) is 1. The summed E-state index contributed by atoms with van der Waals surface area (Å²) in [6.45, 7) is 11.5. The first-order valence-corrected chi connectivity index (χ1v) is 6.37. The van der Waals surface area contributed by atoms with Gasteiger partial charge in [0, 0.05) is 18.3 Å². The number of pyridine rings is 1. The van der Waals surface area contributed by atoms with Gasteiger partial charge < -0.3 is 10.1 Å². The largest absolute Gasteiger partial charge is 0.472 e. The van der Waals surface area contributed by atoms with Gasteiger partial charge in [0.15, 0.2) is 0 Å². The van der Waals surface area contributed by atoms with Crippen LogP contribution in [0.25, 0.3) is 0 Å². The minimum Gasteiger partial charge on any atom is -0.472 e. The Hall–Kier alpha value is -1.09. The van der Waals surface area contributed by atoms with Crippen LogP contribution < -0.4 is 10.1 Å². The van der Waals surface area contributed by atoms with Crippen molar-refractivity contribution in [2.75, 3.05) is 6.54 Å². The van der Waals surface area contributed by atoms with Gasteiger partial charge in [-0.05, 0) is 45.4 Å². The van der Waals surface area contributed by atoms with Crippen LogP contribution in [-0.2, 0) is 0 Å². The van der Waals surface area contributed by atoms with Crippen LogP contribution in [0.1, 0.15) is 52.6 Å². The van der Waals surface area contributed by atoms with Gasteiger partial charge in [-0.1, -0.05) is 13.8 Å². The fraction of sp³-hybridized carbons (Fsp3) is 0.643. The van der Waals surface area contributed by atoms with Crippen molar-refractivity contribution in [3.05, 3.63) is 23.9 Å². The van der Waals surface area contributed by atoms with Crippen LogP contribution in [0.3, 0.4) is 0 Å². The molecule has 1 atom stereocenters. The smallest absolute Gasteiger partial charge is 0.214 e. The van der Waals surface area contributed by atoms with E-state index in [1.807, 2.05) is 18.3 Å². The maximum absolute atomic E-state index is 5.88. The van der Waals surface area contributed by atoms with Crippen LogP contribution in [-0.4, -0.2) is 17.1 Å². The monoisotopic (exact) mass is 236 g/mol. The van der Waals surface area contributed by atoms with Gasteiger partial charge in [-0.15, -0.1) is 0 Å². The van der Waals surface area contributed by atoms with Crippen molar-refractivity contribution in [2.24, 2.45) is 0 Å². The van der Waals surface area contributed by atoms with Gasteiger partial charge in [0.1, 0.15) is 5.60 Å². The lowest BCUT2D eigenvalue weighted by atomic mass is 10.1. The van der Waals surface area contributed by atoms with E-state index in [4.69, 9.17) is 4.74 Å². The third kappa shape index (κ3) is 4.35. The molecule has 1 N–H and O–H groups in total. The van der Waals surface area contributed by atoms with Crippen molar-refractivity contribution in [2.45, 2.75) is 52.7 Å². The van der Waals surface area contributed by atoms with Crippen molar-refractivity contribution in [3.8, 4) is 5.88 Å². The average Bonchev–Trinajstić information content (AvgIpc) is 2.29. The van der Waals surface area contributed by atoms with Gasteiger partial charge >= 0.3 is 0 Å². The maximum atomic E-state index is 5.88. The SMILES string of the molecule is CCNC(C)c1ccnc(OC(C)(C)CC)c1. The molecule has 0 fully saturated rings. The second-order valence-electron chi connectivity index (χ2n) is 4.92. The highest BCUT2D eigenvalue weighted by molar-refractivity contribution is 5.23. The molecular weight excluding hydrogens is 212 g/mol. The summed E-state index contributed by atoms with van der Waals surface area (Å²) in [5.74, 6) is 0.708. The normalized spacial score (nSPS) is 13.5. The third-order valence-corrected chi connectivity index (χ3v) is 3.00. The standard InChI is InChI=1S/C14H24N2O/c1-6-14(4,5)17-13-10-12(8-9-16-13)11(3)15-7-2/h8-11,15H,6-7H2,1-5H3. The first-order chi connectivity index (χ1) is 7.98. The molecule has 0 spiro atoms. The molecule has 0 aromatic carbocycles. The molecule has 0 aliphatic rings. The summed E-state index contributed by atoms with van der Waals surface area (Å²) in [6.07, 6.45) is 2.77. The lowest BCUT2D eigenvalue weighted by molar-refractivity contribution is 0.0988. The lowest BCUT2D eigenvalue weighted by Crippen LogP contribution is -2.27. The Morgan fingerprint density at radius 3 is 2.71 bits per heavy atom. The Bertz CT molecular complexity index is 350. The van der Waals surface area contributed by atoms with E-state index >= 15 is 0 Å². The van der Waals surface area contributed by atoms with Crippen LogP contribution in [0, 0.1) is 0 Å². The van der Waals surface area contributed by atoms with E-state index in [9.17, 15) is 0 Å². The molecule has 0 amide bonds. The molecule has 1 aromatic rings. The van der Waals surface area contributed by atoms with Crippen molar-refractivity contribution < 1.29 is 4.74 Å². The van der Waals surface area contributed by atoms with Crippen LogP contribution in [0.5, 0.6) is 5.88 Å². The van der Waals surface area contributed by atoms with E-state index in [1.165, 1.54) is 5.56 Å². The molecule has 0 radical (unpaired) electrons. The van der Waals surface area contributed by atoms with Gasteiger partial charge in [-0.2, -0.15) is 0 Å². The summed E-state index contributed by atoms with van der Waals surface area (Å²) in [5, 5.41) is 3.38. The Kier molecular flexibility index (Phi) is 4.94. The van der Waals surface area contributed by atoms with Crippen molar-refractivity contribution in [1.82, 2.24) is 10.3 Å². The van der Waals surface area contributed by atoms with Gasteiger partial charge in [-0.3, -0.25) is 0 Å². The summed E-state index contributed by atoms with van der Waals surface area (Å²) < 4.78 is 5.88. The topological polar surface area (TPSA) is 34.2 Å². The number of rotatable bonds is 6. The zero-order valence-corrected chi connectivity index (χ0v) is 11.6. The highest BCUT2D eigenvalue weighted by Crippen LogP contribution is 2.21. The Morgan fingerprint density at radius 1 is 1.41 bits per heavy atom. The number of aromatic nitrogens is 1. The first-order valence-electron chi connectivity index (χ1n) is 6.37. The quantitative estimate of drug-likeness (QED) is 0.822. The van der Waals surface area contributed by atoms with E-state index in [1.54, 1.807) is 0 Å². The highest BCUT2D eigenvalue weighted by atomic mass is 16.5. The predicted octanol–water partition coefficient (Wildman–Crippen LogP) is 3.32. The molecule has 0 saturated carbocycles. The van der Waals surface area contributed by atoms with E-state index < -0.39 is 0 Å². The van der Waals surface area contributed by atoms with E-state index in [0.29, 0.717) is 11.9 Å². The molecule has 1 aromatic heterocycles. The van der Waals surface area contributed by atoms with Crippen molar-refractivity contribution in [1.29, 1.82) is 0 Å². The minimum absolute atomic E-state index is 0.160. The number of nitrogens with zero attached hydrogens (tertiary/aromatic N) is 1. The molecule has 0 bridgehead atoms. The average molecular weight is 236 g/mol. The first kappa shape index (κ1) is 14.0.